The van der Waals surface area contributed by atoms with Gasteiger partial charge in [-0.15, -0.1) is 12.4 Å². The van der Waals surface area contributed by atoms with E-state index >= 15 is 0 Å². The Bertz CT molecular complexity index is 584. The van der Waals surface area contributed by atoms with Crippen LogP contribution in [0.15, 0.2) is 28.7 Å². The summed E-state index contributed by atoms with van der Waals surface area (Å²) >= 11 is 3.41. The average molecular weight is 389 g/mol. The van der Waals surface area contributed by atoms with E-state index in [2.05, 4.69) is 15.9 Å². The van der Waals surface area contributed by atoms with Crippen molar-refractivity contribution in [3.8, 4) is 0 Å². The number of nitrogens with zero attached hydrogens (tertiary/aromatic N) is 2. The number of likely N-dealkylation sites (tertiary alicyclic amines) is 1. The molecule has 2 fully saturated rings. The number of hydrogen-bond acceptors (Lipinski definition) is 3. The average Bonchev–Trinajstić information content (AvgIpc) is 3.04. The number of carbonyl (C=O) groups is 2. The van der Waals surface area contributed by atoms with Gasteiger partial charge in [-0.3, -0.25) is 9.59 Å². The van der Waals surface area contributed by atoms with E-state index in [1.165, 1.54) is 0 Å². The summed E-state index contributed by atoms with van der Waals surface area (Å²) in [5.41, 5.74) is 6.67. The fourth-order valence-electron chi connectivity index (χ4n) is 3.02. The summed E-state index contributed by atoms with van der Waals surface area (Å²) in [5.74, 6) is -0.710. The number of halogens is 2. The molecule has 0 bridgehead atoms. The van der Waals surface area contributed by atoms with E-state index in [0.29, 0.717) is 26.1 Å². The van der Waals surface area contributed by atoms with Crippen molar-refractivity contribution in [1.82, 2.24) is 4.90 Å². The molecule has 0 aromatic heterocycles. The third-order valence-corrected chi connectivity index (χ3v) is 4.65. The van der Waals surface area contributed by atoms with Gasteiger partial charge in [-0.25, -0.2) is 0 Å². The minimum Gasteiger partial charge on any atom is -0.340 e. The number of amides is 2. The van der Waals surface area contributed by atoms with Gasteiger partial charge in [0.15, 0.2) is 0 Å². The van der Waals surface area contributed by atoms with Crippen molar-refractivity contribution in [2.45, 2.75) is 18.9 Å². The highest BCUT2D eigenvalue weighted by Gasteiger charge is 2.40. The van der Waals surface area contributed by atoms with Gasteiger partial charge in [-0.1, -0.05) is 22.0 Å². The lowest BCUT2D eigenvalue weighted by Crippen LogP contribution is -2.40. The lowest BCUT2D eigenvalue weighted by Gasteiger charge is -2.20. The second kappa shape index (κ2) is 6.98. The second-order valence-corrected chi connectivity index (χ2v) is 6.56. The molecule has 1 aromatic rings. The summed E-state index contributed by atoms with van der Waals surface area (Å²) in [7, 11) is 0. The van der Waals surface area contributed by atoms with Crippen molar-refractivity contribution in [3.05, 3.63) is 28.7 Å². The van der Waals surface area contributed by atoms with E-state index in [9.17, 15) is 9.59 Å². The first kappa shape index (κ1) is 17.2. The topological polar surface area (TPSA) is 66.6 Å². The van der Waals surface area contributed by atoms with Crippen LogP contribution in [0.3, 0.4) is 0 Å². The summed E-state index contributed by atoms with van der Waals surface area (Å²) in [6, 6.07) is 7.64. The highest BCUT2D eigenvalue weighted by Crippen LogP contribution is 2.29. The molecule has 22 heavy (non-hydrogen) atoms. The van der Waals surface area contributed by atoms with E-state index < -0.39 is 5.92 Å². The molecule has 2 aliphatic rings. The van der Waals surface area contributed by atoms with Gasteiger partial charge in [0.25, 0.3) is 0 Å². The lowest BCUT2D eigenvalue weighted by atomic mass is 10.1. The van der Waals surface area contributed by atoms with Crippen LogP contribution < -0.4 is 10.6 Å². The van der Waals surface area contributed by atoms with E-state index in [4.69, 9.17) is 5.73 Å². The summed E-state index contributed by atoms with van der Waals surface area (Å²) in [6.45, 7) is 1.83. The highest BCUT2D eigenvalue weighted by molar-refractivity contribution is 9.10. The molecule has 120 valence electrons. The highest BCUT2D eigenvalue weighted by atomic mass is 79.9. The minimum atomic E-state index is -0.547. The molecule has 3 rings (SSSR count). The Morgan fingerprint density at radius 1 is 1.27 bits per heavy atom. The number of anilines is 1. The first-order chi connectivity index (χ1) is 10.1. The number of rotatable bonds is 2. The lowest BCUT2D eigenvalue weighted by molar-refractivity contribution is -0.139. The van der Waals surface area contributed by atoms with Crippen molar-refractivity contribution >= 4 is 45.8 Å². The molecule has 2 amide bonds. The zero-order valence-electron chi connectivity index (χ0n) is 12.1. The van der Waals surface area contributed by atoms with Gasteiger partial charge >= 0.3 is 0 Å². The summed E-state index contributed by atoms with van der Waals surface area (Å²) in [4.78, 5) is 28.4. The summed E-state index contributed by atoms with van der Waals surface area (Å²) in [5, 5.41) is 0. The molecule has 2 N–H and O–H groups in total. The maximum Gasteiger partial charge on any atom is 0.239 e. The number of carbonyl (C=O) groups excluding carboxylic acids is 2. The molecule has 7 heteroatoms. The van der Waals surface area contributed by atoms with Crippen LogP contribution in [0.2, 0.25) is 0 Å². The monoisotopic (exact) mass is 387 g/mol. The van der Waals surface area contributed by atoms with Crippen LogP contribution in [0.5, 0.6) is 0 Å². The molecule has 2 aliphatic heterocycles. The van der Waals surface area contributed by atoms with Gasteiger partial charge in [0, 0.05) is 35.8 Å². The number of benzene rings is 1. The van der Waals surface area contributed by atoms with Gasteiger partial charge in [0.05, 0.1) is 0 Å². The van der Waals surface area contributed by atoms with Crippen molar-refractivity contribution in [2.24, 2.45) is 11.7 Å². The fourth-order valence-corrected chi connectivity index (χ4v) is 3.40. The number of nitrogens with two attached hydrogens (primary N) is 1. The smallest absolute Gasteiger partial charge is 0.239 e. The van der Waals surface area contributed by atoms with Crippen molar-refractivity contribution < 1.29 is 9.59 Å². The Kier molecular flexibility index (Phi) is 5.47. The summed E-state index contributed by atoms with van der Waals surface area (Å²) in [6.07, 6.45) is 1.40. The van der Waals surface area contributed by atoms with Gasteiger partial charge in [0.1, 0.15) is 5.92 Å². The Balaban J connectivity index is 0.00000176. The fraction of sp³-hybridized carbons (Fsp3) is 0.467. The van der Waals surface area contributed by atoms with Crippen LogP contribution in [0, 0.1) is 5.92 Å². The van der Waals surface area contributed by atoms with E-state index in [1.54, 1.807) is 9.80 Å². The molecule has 2 saturated heterocycles. The van der Waals surface area contributed by atoms with Crippen LogP contribution in [-0.4, -0.2) is 42.4 Å². The van der Waals surface area contributed by atoms with Crippen LogP contribution >= 0.6 is 28.3 Å². The molecule has 0 aliphatic carbocycles. The molecule has 2 heterocycles. The molecule has 2 unspecified atom stereocenters. The Morgan fingerprint density at radius 2 is 2.05 bits per heavy atom. The predicted molar refractivity (Wildman–Crippen MR) is 91.0 cm³/mol. The van der Waals surface area contributed by atoms with E-state index in [1.807, 2.05) is 24.3 Å². The van der Waals surface area contributed by atoms with Crippen LogP contribution in [0.4, 0.5) is 5.69 Å². The zero-order valence-corrected chi connectivity index (χ0v) is 14.5. The maximum absolute atomic E-state index is 12.5. The third kappa shape index (κ3) is 3.29. The predicted octanol–water partition coefficient (Wildman–Crippen LogP) is 1.78. The SMILES string of the molecule is Cl.NC1CCN(C(=O)C2CCN(c3cccc(Br)c3)C2=O)C1. The van der Waals surface area contributed by atoms with Crippen LogP contribution in [0.25, 0.3) is 0 Å². The van der Waals surface area contributed by atoms with Gasteiger partial charge in [0.2, 0.25) is 11.8 Å². The van der Waals surface area contributed by atoms with Gasteiger partial charge in [-0.2, -0.15) is 0 Å². The zero-order chi connectivity index (χ0) is 15.0. The maximum atomic E-state index is 12.5. The molecule has 0 spiro atoms. The molecular formula is C15H19BrClN3O2. The third-order valence-electron chi connectivity index (χ3n) is 4.16. The van der Waals surface area contributed by atoms with Crippen molar-refractivity contribution in [2.75, 3.05) is 24.5 Å². The Morgan fingerprint density at radius 3 is 2.68 bits per heavy atom. The molecule has 0 saturated carbocycles. The normalized spacial score (nSPS) is 24.5. The standard InChI is InChI=1S/C15H18BrN3O2.ClH/c16-10-2-1-3-12(8-10)19-7-5-13(15(19)21)14(20)18-6-4-11(17)9-18;/h1-3,8,11,13H,4-7,9,17H2;1H. The van der Waals surface area contributed by atoms with E-state index in [-0.39, 0.29) is 30.3 Å². The molecule has 0 radical (unpaired) electrons. The largest absolute Gasteiger partial charge is 0.340 e. The van der Waals surface area contributed by atoms with Crippen LogP contribution in [0.1, 0.15) is 12.8 Å². The Labute approximate surface area is 144 Å². The molecule has 2 atom stereocenters. The molecule has 5 nitrogen and oxygen atoms in total. The molecular weight excluding hydrogens is 370 g/mol. The molecule has 1 aromatic carbocycles. The van der Waals surface area contributed by atoms with E-state index in [0.717, 1.165) is 16.6 Å². The van der Waals surface area contributed by atoms with Gasteiger partial charge < -0.3 is 15.5 Å². The minimum absolute atomic E-state index is 0. The van der Waals surface area contributed by atoms with Crippen LogP contribution in [-0.2, 0) is 9.59 Å². The Hall–Kier alpha value is -1.11. The summed E-state index contributed by atoms with van der Waals surface area (Å²) < 4.78 is 0.924. The second-order valence-electron chi connectivity index (χ2n) is 5.64. The first-order valence-corrected chi connectivity index (χ1v) is 7.97. The quantitative estimate of drug-likeness (QED) is 0.785. The van der Waals surface area contributed by atoms with Gasteiger partial charge in [-0.05, 0) is 31.0 Å². The number of hydrogen-bond donors (Lipinski definition) is 1. The van der Waals surface area contributed by atoms with Crippen molar-refractivity contribution in [1.29, 1.82) is 0 Å². The first-order valence-electron chi connectivity index (χ1n) is 7.17. The van der Waals surface area contributed by atoms with Crippen molar-refractivity contribution in [3.63, 3.8) is 0 Å².